The number of H-pyrrole nitrogens is 1. The Morgan fingerprint density at radius 3 is 2.96 bits per heavy atom. The van der Waals surface area contributed by atoms with Gasteiger partial charge in [0.05, 0.1) is 22.8 Å². The van der Waals surface area contributed by atoms with Gasteiger partial charge in [-0.2, -0.15) is 10.2 Å². The summed E-state index contributed by atoms with van der Waals surface area (Å²) in [6.45, 7) is 0.591. The Balaban J connectivity index is 1.44. The molecule has 2 aliphatic carbocycles. The largest absolute Gasteiger partial charge is 0.328 e. The van der Waals surface area contributed by atoms with E-state index in [0.717, 1.165) is 41.9 Å². The van der Waals surface area contributed by atoms with Crippen LogP contribution in [0.4, 0.5) is 0 Å². The van der Waals surface area contributed by atoms with Crippen LogP contribution in [-0.4, -0.2) is 36.8 Å². The summed E-state index contributed by atoms with van der Waals surface area (Å²) in [6, 6.07) is 6.22. The maximum Gasteiger partial charge on any atom is 0.274 e. The van der Waals surface area contributed by atoms with Crippen molar-refractivity contribution in [2.45, 2.75) is 57.5 Å². The Hall–Kier alpha value is -2.41. The van der Waals surface area contributed by atoms with Gasteiger partial charge in [-0.25, -0.2) is 0 Å². The lowest BCUT2D eigenvalue weighted by Gasteiger charge is -2.28. The quantitative estimate of drug-likeness (QED) is 0.711. The van der Waals surface area contributed by atoms with E-state index in [4.69, 9.17) is 5.10 Å². The number of hydrogen-bond acceptors (Lipinski definition) is 4. The molecule has 0 bridgehead atoms. The zero-order chi connectivity index (χ0) is 19.1. The lowest BCUT2D eigenvalue weighted by Crippen LogP contribution is -2.38. The third-order valence-corrected chi connectivity index (χ3v) is 7.03. The van der Waals surface area contributed by atoms with Crippen molar-refractivity contribution in [2.75, 3.05) is 0 Å². The second kappa shape index (κ2) is 7.20. The molecule has 5 rings (SSSR count). The van der Waals surface area contributed by atoms with Crippen molar-refractivity contribution in [1.82, 2.24) is 24.9 Å². The molecule has 0 spiro atoms. The lowest BCUT2D eigenvalue weighted by atomic mass is 10.1. The van der Waals surface area contributed by atoms with E-state index in [9.17, 15) is 4.79 Å². The first kappa shape index (κ1) is 17.7. The zero-order valence-corrected chi connectivity index (χ0v) is 17.0. The molecule has 0 aliphatic heterocycles. The maximum atomic E-state index is 13.4. The molecule has 0 saturated heterocycles. The Morgan fingerprint density at radius 2 is 2.18 bits per heavy atom. The van der Waals surface area contributed by atoms with E-state index in [1.807, 2.05) is 40.2 Å². The molecule has 3 aromatic rings. The summed E-state index contributed by atoms with van der Waals surface area (Å²) in [5.74, 6) is 0.0170. The molecule has 1 fully saturated rings. The molecular formula is C21H25N5OS. The second-order valence-corrected chi connectivity index (χ2v) is 8.81. The van der Waals surface area contributed by atoms with Gasteiger partial charge in [-0.15, -0.1) is 11.3 Å². The van der Waals surface area contributed by atoms with E-state index in [0.29, 0.717) is 12.2 Å². The van der Waals surface area contributed by atoms with Crippen LogP contribution < -0.4 is 0 Å². The summed E-state index contributed by atoms with van der Waals surface area (Å²) in [6.07, 6.45) is 7.89. The van der Waals surface area contributed by atoms with Gasteiger partial charge in [0.15, 0.2) is 5.69 Å². The van der Waals surface area contributed by atoms with Crippen molar-refractivity contribution in [2.24, 2.45) is 7.05 Å². The topological polar surface area (TPSA) is 66.8 Å². The van der Waals surface area contributed by atoms with Crippen molar-refractivity contribution >= 4 is 17.2 Å². The van der Waals surface area contributed by atoms with Gasteiger partial charge in [-0.1, -0.05) is 18.9 Å². The number of nitrogens with zero attached hydrogens (tertiary/aromatic N) is 4. The normalized spacial score (nSPS) is 16.6. The molecule has 6 nitrogen and oxygen atoms in total. The Labute approximate surface area is 168 Å². The Morgan fingerprint density at radius 1 is 1.32 bits per heavy atom. The molecule has 146 valence electrons. The summed E-state index contributed by atoms with van der Waals surface area (Å²) in [4.78, 5) is 16.6. The first-order valence-electron chi connectivity index (χ1n) is 10.1. The van der Waals surface area contributed by atoms with E-state index < -0.39 is 0 Å². The van der Waals surface area contributed by atoms with Crippen LogP contribution in [0.15, 0.2) is 23.6 Å². The van der Waals surface area contributed by atoms with Gasteiger partial charge in [-0.05, 0) is 55.2 Å². The number of aryl methyl sites for hydroxylation is 1. The summed E-state index contributed by atoms with van der Waals surface area (Å²) >= 11 is 1.64. The van der Waals surface area contributed by atoms with Crippen LogP contribution in [0.25, 0.3) is 10.6 Å². The first-order valence-corrected chi connectivity index (χ1v) is 11.0. The SMILES string of the molecule is Cn1nc(CN(C(=O)c2cc(-c3cccs3)[nH]n2)C2CCCC2)c2c1CCC2. The van der Waals surface area contributed by atoms with Crippen LogP contribution in [0, 0.1) is 0 Å². The van der Waals surface area contributed by atoms with Crippen LogP contribution in [0.2, 0.25) is 0 Å². The van der Waals surface area contributed by atoms with Crippen molar-refractivity contribution in [3.05, 3.63) is 46.2 Å². The number of carbonyl (C=O) groups excluding carboxylic acids is 1. The Kier molecular flexibility index (Phi) is 4.55. The fraction of sp³-hybridized carbons (Fsp3) is 0.476. The minimum absolute atomic E-state index is 0.0170. The minimum atomic E-state index is 0.0170. The molecule has 3 heterocycles. The minimum Gasteiger partial charge on any atom is -0.328 e. The van der Waals surface area contributed by atoms with Gasteiger partial charge in [-0.3, -0.25) is 14.6 Å². The van der Waals surface area contributed by atoms with Gasteiger partial charge in [0.25, 0.3) is 5.91 Å². The number of fused-ring (bicyclic) bond motifs is 1. The van der Waals surface area contributed by atoms with E-state index in [1.165, 1.54) is 30.5 Å². The number of carbonyl (C=O) groups is 1. The van der Waals surface area contributed by atoms with Crippen LogP contribution in [0.1, 0.15) is 59.5 Å². The number of rotatable bonds is 5. The number of aromatic amines is 1. The molecule has 0 atom stereocenters. The van der Waals surface area contributed by atoms with Crippen LogP contribution >= 0.6 is 11.3 Å². The molecule has 0 unspecified atom stereocenters. The second-order valence-electron chi connectivity index (χ2n) is 7.86. The van der Waals surface area contributed by atoms with Crippen LogP contribution in [-0.2, 0) is 26.4 Å². The third-order valence-electron chi connectivity index (χ3n) is 6.13. The first-order chi connectivity index (χ1) is 13.7. The summed E-state index contributed by atoms with van der Waals surface area (Å²) in [7, 11) is 2.02. The number of nitrogens with one attached hydrogen (secondary N) is 1. The number of amides is 1. The highest BCUT2D eigenvalue weighted by molar-refractivity contribution is 7.13. The van der Waals surface area contributed by atoms with Gasteiger partial charge in [0.2, 0.25) is 0 Å². The van der Waals surface area contributed by atoms with Gasteiger partial charge in [0.1, 0.15) is 0 Å². The van der Waals surface area contributed by atoms with Gasteiger partial charge < -0.3 is 4.90 Å². The fourth-order valence-electron chi connectivity index (χ4n) is 4.71. The number of thiophene rings is 1. The van der Waals surface area contributed by atoms with E-state index >= 15 is 0 Å². The average molecular weight is 396 g/mol. The molecule has 2 aliphatic rings. The smallest absolute Gasteiger partial charge is 0.274 e. The van der Waals surface area contributed by atoms with E-state index in [-0.39, 0.29) is 11.9 Å². The lowest BCUT2D eigenvalue weighted by molar-refractivity contribution is 0.0654. The predicted molar refractivity (Wildman–Crippen MR) is 109 cm³/mol. The van der Waals surface area contributed by atoms with Gasteiger partial charge in [0, 0.05) is 18.8 Å². The highest BCUT2D eigenvalue weighted by Gasteiger charge is 2.31. The molecule has 3 aromatic heterocycles. The van der Waals surface area contributed by atoms with E-state index in [2.05, 4.69) is 10.2 Å². The third kappa shape index (κ3) is 3.07. The monoisotopic (exact) mass is 395 g/mol. The molecule has 1 N–H and O–H groups in total. The summed E-state index contributed by atoms with van der Waals surface area (Å²) in [5.41, 5.74) is 5.18. The van der Waals surface area contributed by atoms with Crippen LogP contribution in [0.3, 0.4) is 0 Å². The number of aromatic nitrogens is 4. The van der Waals surface area contributed by atoms with Crippen molar-refractivity contribution in [1.29, 1.82) is 0 Å². The fourth-order valence-corrected chi connectivity index (χ4v) is 5.40. The van der Waals surface area contributed by atoms with Crippen molar-refractivity contribution in [3.63, 3.8) is 0 Å². The molecule has 1 saturated carbocycles. The number of hydrogen-bond donors (Lipinski definition) is 1. The molecule has 0 aromatic carbocycles. The van der Waals surface area contributed by atoms with Gasteiger partial charge >= 0.3 is 0 Å². The molecule has 7 heteroatoms. The molecule has 0 radical (unpaired) electrons. The van der Waals surface area contributed by atoms with Crippen molar-refractivity contribution < 1.29 is 4.79 Å². The molecule has 1 amide bonds. The molecular weight excluding hydrogens is 370 g/mol. The standard InChI is InChI=1S/C21H25N5OS/c1-25-19-9-4-8-15(19)18(24-25)13-26(14-6-2-3-7-14)21(27)17-12-16(22-23-17)20-10-5-11-28-20/h5,10-12,14H,2-4,6-9,13H2,1H3,(H,22,23). The summed E-state index contributed by atoms with van der Waals surface area (Å²) in [5, 5.41) is 14.2. The highest BCUT2D eigenvalue weighted by atomic mass is 32.1. The maximum absolute atomic E-state index is 13.4. The summed E-state index contributed by atoms with van der Waals surface area (Å²) < 4.78 is 2.01. The predicted octanol–water partition coefficient (Wildman–Crippen LogP) is 3.95. The molecule has 28 heavy (non-hydrogen) atoms. The zero-order valence-electron chi connectivity index (χ0n) is 16.1. The highest BCUT2D eigenvalue weighted by Crippen LogP contribution is 2.31. The Bertz CT molecular complexity index is 981. The average Bonchev–Trinajstić information content (AvgIpc) is 3.51. The van der Waals surface area contributed by atoms with E-state index in [1.54, 1.807) is 11.3 Å². The van der Waals surface area contributed by atoms with Crippen LogP contribution in [0.5, 0.6) is 0 Å². The van der Waals surface area contributed by atoms with Crippen molar-refractivity contribution in [3.8, 4) is 10.6 Å².